The molecule has 6 nitrogen and oxygen atoms in total. The van der Waals surface area contributed by atoms with Crippen molar-refractivity contribution in [1.29, 1.82) is 0 Å². The third-order valence-corrected chi connectivity index (χ3v) is 4.52. The number of carbonyl (C=O) groups is 1. The summed E-state index contributed by atoms with van der Waals surface area (Å²) in [6.45, 7) is 2.67. The molecule has 1 aromatic rings. The van der Waals surface area contributed by atoms with Gasteiger partial charge in [-0.1, -0.05) is 0 Å². The molecule has 0 spiro atoms. The molecule has 2 aliphatic heterocycles. The predicted octanol–water partition coefficient (Wildman–Crippen LogP) is 1.01. The van der Waals surface area contributed by atoms with Crippen LogP contribution < -0.4 is 5.32 Å². The second-order valence-corrected chi connectivity index (χ2v) is 5.97. The summed E-state index contributed by atoms with van der Waals surface area (Å²) < 4.78 is 10.7. The minimum absolute atomic E-state index is 0.0791. The van der Waals surface area contributed by atoms with Crippen molar-refractivity contribution in [3.8, 4) is 0 Å². The second-order valence-electron chi connectivity index (χ2n) is 5.08. The first-order chi connectivity index (χ1) is 9.74. The molecule has 0 saturated carbocycles. The Labute approximate surface area is 122 Å². The van der Waals surface area contributed by atoms with E-state index in [1.807, 2.05) is 5.38 Å². The molecule has 1 N–H and O–H groups in total. The summed E-state index contributed by atoms with van der Waals surface area (Å²) in [6.07, 6.45) is 1.96. The lowest BCUT2D eigenvalue weighted by atomic mass is 10.2. The highest BCUT2D eigenvalue weighted by Crippen LogP contribution is 2.26. The minimum atomic E-state index is -0.307. The SMILES string of the molecule is CN(CC1OCCO1)C(=O)c1csc(C2CCCN2)n1. The van der Waals surface area contributed by atoms with Gasteiger partial charge in [-0.05, 0) is 19.4 Å². The molecule has 1 amide bonds. The zero-order chi connectivity index (χ0) is 13.9. The van der Waals surface area contributed by atoms with E-state index in [0.717, 1.165) is 18.0 Å². The molecule has 2 fully saturated rings. The summed E-state index contributed by atoms with van der Waals surface area (Å²) in [6, 6.07) is 0.313. The largest absolute Gasteiger partial charge is 0.348 e. The summed E-state index contributed by atoms with van der Waals surface area (Å²) in [5.41, 5.74) is 0.513. The van der Waals surface area contributed by atoms with Crippen LogP contribution >= 0.6 is 11.3 Å². The van der Waals surface area contributed by atoms with Crippen LogP contribution in [-0.4, -0.2) is 55.4 Å². The van der Waals surface area contributed by atoms with E-state index in [0.29, 0.717) is 31.5 Å². The van der Waals surface area contributed by atoms with Crippen LogP contribution in [0.4, 0.5) is 0 Å². The number of amides is 1. The third-order valence-electron chi connectivity index (χ3n) is 3.56. The molecular weight excluding hydrogens is 278 g/mol. The number of thiazole rings is 1. The van der Waals surface area contributed by atoms with Gasteiger partial charge in [0, 0.05) is 12.4 Å². The average Bonchev–Trinajstić information content (AvgIpc) is 3.18. The fourth-order valence-electron chi connectivity index (χ4n) is 2.46. The molecule has 0 aromatic carbocycles. The molecule has 110 valence electrons. The van der Waals surface area contributed by atoms with Crippen molar-refractivity contribution in [3.05, 3.63) is 16.1 Å². The number of hydrogen-bond donors (Lipinski definition) is 1. The van der Waals surface area contributed by atoms with E-state index in [2.05, 4.69) is 10.3 Å². The molecule has 20 heavy (non-hydrogen) atoms. The first-order valence-electron chi connectivity index (χ1n) is 6.91. The van der Waals surface area contributed by atoms with E-state index in [1.165, 1.54) is 6.42 Å². The molecule has 0 aliphatic carbocycles. The zero-order valence-electron chi connectivity index (χ0n) is 11.5. The lowest BCUT2D eigenvalue weighted by molar-refractivity contribution is -0.0543. The van der Waals surface area contributed by atoms with Crippen LogP contribution in [0.5, 0.6) is 0 Å². The van der Waals surface area contributed by atoms with E-state index in [1.54, 1.807) is 23.3 Å². The Balaban J connectivity index is 1.60. The molecular formula is C13H19N3O3S. The number of ether oxygens (including phenoxy) is 2. The highest BCUT2D eigenvalue weighted by atomic mass is 32.1. The Morgan fingerprint density at radius 3 is 3.05 bits per heavy atom. The van der Waals surface area contributed by atoms with E-state index in [9.17, 15) is 4.79 Å². The molecule has 0 radical (unpaired) electrons. The van der Waals surface area contributed by atoms with Crippen LogP contribution in [0, 0.1) is 0 Å². The summed E-state index contributed by atoms with van der Waals surface area (Å²) in [7, 11) is 1.75. The summed E-state index contributed by atoms with van der Waals surface area (Å²) in [5, 5.41) is 6.24. The molecule has 0 bridgehead atoms. The maximum atomic E-state index is 12.3. The number of nitrogens with zero attached hydrogens (tertiary/aromatic N) is 2. The van der Waals surface area contributed by atoms with Crippen molar-refractivity contribution in [2.75, 3.05) is 33.4 Å². The summed E-state index contributed by atoms with van der Waals surface area (Å²) >= 11 is 1.55. The van der Waals surface area contributed by atoms with Gasteiger partial charge in [-0.2, -0.15) is 0 Å². The number of likely N-dealkylation sites (N-methyl/N-ethyl adjacent to an activating group) is 1. The van der Waals surface area contributed by atoms with Crippen LogP contribution in [-0.2, 0) is 9.47 Å². The van der Waals surface area contributed by atoms with Crippen LogP contribution in [0.25, 0.3) is 0 Å². The topological polar surface area (TPSA) is 63.7 Å². The maximum absolute atomic E-state index is 12.3. The van der Waals surface area contributed by atoms with E-state index in [4.69, 9.17) is 9.47 Å². The number of nitrogens with one attached hydrogen (secondary N) is 1. The van der Waals surface area contributed by atoms with Crippen LogP contribution in [0.3, 0.4) is 0 Å². The monoisotopic (exact) mass is 297 g/mol. The fraction of sp³-hybridized carbons (Fsp3) is 0.692. The Hall–Kier alpha value is -1.02. The van der Waals surface area contributed by atoms with Gasteiger partial charge in [-0.25, -0.2) is 4.98 Å². The van der Waals surface area contributed by atoms with E-state index >= 15 is 0 Å². The lowest BCUT2D eigenvalue weighted by Crippen LogP contribution is -2.35. The van der Waals surface area contributed by atoms with Gasteiger partial charge >= 0.3 is 0 Å². The van der Waals surface area contributed by atoms with E-state index in [-0.39, 0.29) is 12.2 Å². The fourth-order valence-corrected chi connectivity index (χ4v) is 3.36. The first-order valence-corrected chi connectivity index (χ1v) is 7.79. The predicted molar refractivity (Wildman–Crippen MR) is 74.7 cm³/mol. The standard InChI is InChI=1S/C13H19N3O3S/c1-16(7-11-18-5-6-19-11)13(17)10-8-20-12(15-10)9-3-2-4-14-9/h8-9,11,14H,2-7H2,1H3. The second kappa shape index (κ2) is 6.17. The van der Waals surface area contributed by atoms with Crippen LogP contribution in [0.1, 0.15) is 34.4 Å². The van der Waals surface area contributed by atoms with Gasteiger partial charge in [0.25, 0.3) is 5.91 Å². The van der Waals surface area contributed by atoms with Crippen LogP contribution in [0.15, 0.2) is 5.38 Å². The third kappa shape index (κ3) is 3.01. The summed E-state index contributed by atoms with van der Waals surface area (Å²) in [5.74, 6) is -0.0791. The molecule has 2 saturated heterocycles. The van der Waals surface area contributed by atoms with Crippen LogP contribution in [0.2, 0.25) is 0 Å². The number of rotatable bonds is 4. The van der Waals surface area contributed by atoms with Crippen molar-refractivity contribution >= 4 is 17.2 Å². The first kappa shape index (κ1) is 13.9. The highest BCUT2D eigenvalue weighted by Gasteiger charge is 2.25. The molecule has 1 atom stereocenters. The minimum Gasteiger partial charge on any atom is -0.348 e. The number of hydrogen-bond acceptors (Lipinski definition) is 6. The molecule has 7 heteroatoms. The smallest absolute Gasteiger partial charge is 0.273 e. The Morgan fingerprint density at radius 2 is 2.35 bits per heavy atom. The molecule has 1 unspecified atom stereocenters. The maximum Gasteiger partial charge on any atom is 0.273 e. The Morgan fingerprint density at radius 1 is 1.55 bits per heavy atom. The summed E-state index contributed by atoms with van der Waals surface area (Å²) in [4.78, 5) is 18.4. The Kier molecular flexibility index (Phi) is 4.30. The van der Waals surface area contributed by atoms with Gasteiger partial charge in [0.05, 0.1) is 25.8 Å². The van der Waals surface area contributed by atoms with Crippen molar-refractivity contribution in [1.82, 2.24) is 15.2 Å². The van der Waals surface area contributed by atoms with Gasteiger partial charge in [-0.3, -0.25) is 4.79 Å². The van der Waals surface area contributed by atoms with Crippen molar-refractivity contribution in [2.45, 2.75) is 25.2 Å². The molecule has 1 aromatic heterocycles. The average molecular weight is 297 g/mol. The number of carbonyl (C=O) groups excluding carboxylic acids is 1. The zero-order valence-corrected chi connectivity index (χ0v) is 12.3. The van der Waals surface area contributed by atoms with Gasteiger partial charge in [0.1, 0.15) is 10.7 Å². The van der Waals surface area contributed by atoms with E-state index < -0.39 is 0 Å². The van der Waals surface area contributed by atoms with Gasteiger partial charge < -0.3 is 19.7 Å². The van der Waals surface area contributed by atoms with Gasteiger partial charge in [-0.15, -0.1) is 11.3 Å². The van der Waals surface area contributed by atoms with Crippen molar-refractivity contribution in [2.24, 2.45) is 0 Å². The highest BCUT2D eigenvalue weighted by molar-refractivity contribution is 7.09. The van der Waals surface area contributed by atoms with Gasteiger partial charge in [0.2, 0.25) is 0 Å². The normalized spacial score (nSPS) is 23.4. The molecule has 3 heterocycles. The molecule has 2 aliphatic rings. The van der Waals surface area contributed by atoms with Crippen molar-refractivity contribution < 1.29 is 14.3 Å². The van der Waals surface area contributed by atoms with Crippen molar-refractivity contribution in [3.63, 3.8) is 0 Å². The Bertz CT molecular complexity index is 467. The lowest BCUT2D eigenvalue weighted by Gasteiger charge is -2.19. The quantitative estimate of drug-likeness (QED) is 0.898. The molecule has 3 rings (SSSR count). The number of aromatic nitrogens is 1. The van der Waals surface area contributed by atoms with Gasteiger partial charge in [0.15, 0.2) is 6.29 Å².